The van der Waals surface area contributed by atoms with Gasteiger partial charge in [0, 0.05) is 35.8 Å². The fourth-order valence-corrected chi connectivity index (χ4v) is 5.61. The Bertz CT molecular complexity index is 1360. The third kappa shape index (κ3) is 3.90. The summed E-state index contributed by atoms with van der Waals surface area (Å²) in [5.41, 5.74) is 15.2. The predicted molar refractivity (Wildman–Crippen MR) is 132 cm³/mol. The van der Waals surface area contributed by atoms with Gasteiger partial charge in [0.2, 0.25) is 5.95 Å². The summed E-state index contributed by atoms with van der Waals surface area (Å²) in [4.78, 5) is 27.0. The summed E-state index contributed by atoms with van der Waals surface area (Å²) in [6.07, 6.45) is 2.74. The molecule has 35 heavy (non-hydrogen) atoms. The van der Waals surface area contributed by atoms with Crippen molar-refractivity contribution < 1.29 is 9.53 Å². The standard InChI is InChI=1S/C25H24ClN7O2/c1-14-19(17-6-9-30-22(28)20(17)26)18(13-27)32-24(31-14)33-10-7-25(8-11-33)12-15-4-2-3-5-16(15)21(25)35-23(29)34/h2-6,9,21H,7-8,10-12H2,1H3,(H2,28,30)(H2,29,34)/t21-/m1/s1. The van der Waals surface area contributed by atoms with E-state index in [1.54, 1.807) is 12.3 Å². The van der Waals surface area contributed by atoms with Crippen LogP contribution < -0.4 is 16.4 Å². The number of nitrogens with two attached hydrogens (primary N) is 2. The summed E-state index contributed by atoms with van der Waals surface area (Å²) in [6.45, 7) is 3.13. The monoisotopic (exact) mass is 489 g/mol. The molecule has 1 aromatic carbocycles. The average Bonchev–Trinajstić information content (AvgIpc) is 3.13. The van der Waals surface area contributed by atoms with E-state index in [1.165, 1.54) is 5.56 Å². The maximum absolute atomic E-state index is 11.7. The number of nitrogens with zero attached hydrogens (tertiary/aromatic N) is 5. The van der Waals surface area contributed by atoms with Crippen LogP contribution in [0.25, 0.3) is 11.1 Å². The van der Waals surface area contributed by atoms with E-state index < -0.39 is 6.09 Å². The molecule has 1 saturated heterocycles. The van der Waals surface area contributed by atoms with Crippen molar-refractivity contribution in [2.24, 2.45) is 11.1 Å². The Morgan fingerprint density at radius 1 is 1.26 bits per heavy atom. The van der Waals surface area contributed by atoms with Crippen LogP contribution in [0.4, 0.5) is 16.6 Å². The zero-order valence-corrected chi connectivity index (χ0v) is 19.9. The molecule has 1 fully saturated rings. The topological polar surface area (TPSA) is 144 Å². The van der Waals surface area contributed by atoms with E-state index in [-0.39, 0.29) is 28.1 Å². The number of pyridine rings is 1. The van der Waals surface area contributed by atoms with E-state index in [2.05, 4.69) is 27.0 Å². The Kier molecular flexibility index (Phi) is 5.69. The number of carbonyl (C=O) groups is 1. The lowest BCUT2D eigenvalue weighted by atomic mass is 9.74. The molecular weight excluding hydrogens is 466 g/mol. The van der Waals surface area contributed by atoms with Crippen molar-refractivity contribution in [3.63, 3.8) is 0 Å². The number of amides is 1. The lowest BCUT2D eigenvalue weighted by Gasteiger charge is -2.42. The first kappa shape index (κ1) is 22.9. The number of piperidine rings is 1. The number of rotatable bonds is 3. The second kappa shape index (κ2) is 8.71. The second-order valence-electron chi connectivity index (χ2n) is 9.04. The summed E-state index contributed by atoms with van der Waals surface area (Å²) in [6, 6.07) is 11.9. The van der Waals surface area contributed by atoms with E-state index in [1.807, 2.05) is 25.1 Å². The van der Waals surface area contributed by atoms with Gasteiger partial charge in [-0.25, -0.2) is 19.7 Å². The van der Waals surface area contributed by atoms with Crippen LogP contribution in [0.3, 0.4) is 0 Å². The quantitative estimate of drug-likeness (QED) is 0.562. The van der Waals surface area contributed by atoms with E-state index in [0.29, 0.717) is 35.9 Å². The fourth-order valence-electron chi connectivity index (χ4n) is 5.40. The Morgan fingerprint density at radius 2 is 2.00 bits per heavy atom. The molecule has 0 radical (unpaired) electrons. The number of aryl methyl sites for hydroxylation is 1. The molecule has 1 atom stereocenters. The van der Waals surface area contributed by atoms with E-state index in [4.69, 9.17) is 32.8 Å². The van der Waals surface area contributed by atoms with Crippen LogP contribution in [0.15, 0.2) is 36.5 Å². The molecule has 3 heterocycles. The summed E-state index contributed by atoms with van der Waals surface area (Å²) in [7, 11) is 0. The molecule has 4 N–H and O–H groups in total. The van der Waals surface area contributed by atoms with Crippen molar-refractivity contribution in [1.29, 1.82) is 5.26 Å². The van der Waals surface area contributed by atoms with Gasteiger partial charge in [-0.1, -0.05) is 35.9 Å². The smallest absolute Gasteiger partial charge is 0.405 e. The molecule has 2 aliphatic rings. The van der Waals surface area contributed by atoms with Gasteiger partial charge in [0.25, 0.3) is 0 Å². The molecule has 2 aromatic heterocycles. The Balaban J connectivity index is 1.43. The van der Waals surface area contributed by atoms with Crippen LogP contribution >= 0.6 is 11.6 Å². The number of nitriles is 1. The Hall–Kier alpha value is -3.90. The number of ether oxygens (including phenoxy) is 1. The number of carbonyl (C=O) groups excluding carboxylic acids is 1. The van der Waals surface area contributed by atoms with E-state index >= 15 is 0 Å². The highest BCUT2D eigenvalue weighted by molar-refractivity contribution is 6.35. The summed E-state index contributed by atoms with van der Waals surface area (Å²) >= 11 is 6.37. The van der Waals surface area contributed by atoms with Gasteiger partial charge < -0.3 is 21.1 Å². The highest BCUT2D eigenvalue weighted by atomic mass is 35.5. The minimum atomic E-state index is -0.767. The minimum absolute atomic E-state index is 0.183. The minimum Gasteiger partial charge on any atom is -0.441 e. The molecule has 0 bridgehead atoms. The van der Waals surface area contributed by atoms with Crippen LogP contribution in [-0.2, 0) is 11.2 Å². The normalized spacial score (nSPS) is 18.2. The van der Waals surface area contributed by atoms with Crippen molar-refractivity contribution in [3.8, 4) is 17.2 Å². The van der Waals surface area contributed by atoms with Crippen LogP contribution in [-0.4, -0.2) is 34.1 Å². The molecule has 0 saturated carbocycles. The lowest BCUT2D eigenvalue weighted by molar-refractivity contribution is 0.00408. The van der Waals surface area contributed by atoms with Crippen LogP contribution in [0.1, 0.15) is 41.5 Å². The Morgan fingerprint density at radius 3 is 2.71 bits per heavy atom. The van der Waals surface area contributed by atoms with Gasteiger partial charge in [-0.05, 0) is 43.4 Å². The first-order chi connectivity index (χ1) is 16.8. The van der Waals surface area contributed by atoms with E-state index in [0.717, 1.165) is 24.8 Å². The van der Waals surface area contributed by atoms with Crippen molar-refractivity contribution in [1.82, 2.24) is 15.0 Å². The number of benzene rings is 1. The van der Waals surface area contributed by atoms with Gasteiger partial charge in [0.15, 0.2) is 5.69 Å². The summed E-state index contributed by atoms with van der Waals surface area (Å²) in [5.74, 6) is 0.668. The predicted octanol–water partition coefficient (Wildman–Crippen LogP) is 3.93. The third-order valence-electron chi connectivity index (χ3n) is 7.08. The number of halogens is 1. The van der Waals surface area contributed by atoms with Gasteiger partial charge in [-0.3, -0.25) is 0 Å². The molecule has 3 aromatic rings. The SMILES string of the molecule is Cc1nc(N2CCC3(CC2)Cc2ccccc2[C@H]3OC(N)=O)nc(C#N)c1-c1ccnc(N)c1Cl. The number of primary amides is 1. The number of hydrogen-bond donors (Lipinski definition) is 2. The summed E-state index contributed by atoms with van der Waals surface area (Å²) in [5, 5.41) is 10.1. The first-order valence-corrected chi connectivity index (χ1v) is 11.7. The van der Waals surface area contributed by atoms with Gasteiger partial charge in [0.1, 0.15) is 18.0 Å². The number of hydrogen-bond acceptors (Lipinski definition) is 8. The molecule has 1 aliphatic carbocycles. The summed E-state index contributed by atoms with van der Waals surface area (Å²) < 4.78 is 5.63. The molecule has 178 valence electrons. The third-order valence-corrected chi connectivity index (χ3v) is 7.48. The molecule has 1 spiro atoms. The molecule has 1 amide bonds. The molecule has 1 aliphatic heterocycles. The zero-order valence-electron chi connectivity index (χ0n) is 19.2. The fraction of sp³-hybridized carbons (Fsp3) is 0.320. The maximum atomic E-state index is 11.7. The van der Waals surface area contributed by atoms with Crippen molar-refractivity contribution in [2.45, 2.75) is 32.3 Å². The average molecular weight is 490 g/mol. The highest BCUT2D eigenvalue weighted by Gasteiger charge is 2.50. The van der Waals surface area contributed by atoms with Crippen molar-refractivity contribution in [2.75, 3.05) is 23.7 Å². The van der Waals surface area contributed by atoms with Crippen molar-refractivity contribution >= 4 is 29.5 Å². The molecule has 9 nitrogen and oxygen atoms in total. The zero-order chi connectivity index (χ0) is 24.7. The van der Waals surface area contributed by atoms with E-state index in [9.17, 15) is 10.1 Å². The van der Waals surface area contributed by atoms with Crippen molar-refractivity contribution in [3.05, 3.63) is 64.1 Å². The number of aromatic nitrogens is 3. The molecular formula is C25H24ClN7O2. The van der Waals surface area contributed by atoms with Gasteiger partial charge >= 0.3 is 6.09 Å². The van der Waals surface area contributed by atoms with Crippen LogP contribution in [0, 0.1) is 23.7 Å². The van der Waals surface area contributed by atoms with Gasteiger partial charge in [-0.2, -0.15) is 5.26 Å². The molecule has 10 heteroatoms. The molecule has 5 rings (SSSR count). The van der Waals surface area contributed by atoms with Crippen LogP contribution in [0.2, 0.25) is 5.02 Å². The van der Waals surface area contributed by atoms with Gasteiger partial charge in [0.05, 0.1) is 10.7 Å². The maximum Gasteiger partial charge on any atom is 0.405 e. The van der Waals surface area contributed by atoms with Crippen LogP contribution in [0.5, 0.6) is 0 Å². The lowest BCUT2D eigenvalue weighted by Crippen LogP contribution is -2.44. The second-order valence-corrected chi connectivity index (χ2v) is 9.42. The number of anilines is 2. The van der Waals surface area contributed by atoms with Gasteiger partial charge in [-0.15, -0.1) is 0 Å². The molecule has 0 unspecified atom stereocenters. The Labute approximate surface area is 207 Å². The highest BCUT2D eigenvalue weighted by Crippen LogP contribution is 2.54. The largest absolute Gasteiger partial charge is 0.441 e. The first-order valence-electron chi connectivity index (χ1n) is 11.3. The number of fused-ring (bicyclic) bond motifs is 1. The number of nitrogen functional groups attached to an aromatic ring is 1.